The standard InChI is InChI=1S/C12H10F5NO6/c13-5-2-1-4(7(14)8(5)15)12(16,17)24-18-11(23)10(22)9(21)6(20)3-19/h1-2,6,9,19-21H,3H2,(H,18,23)/t6-,9-/m0/s1. The molecular formula is C12H10F5NO6. The maximum atomic E-state index is 13.5. The second-order valence-electron chi connectivity index (χ2n) is 4.33. The Kier molecular flexibility index (Phi) is 6.31. The highest BCUT2D eigenvalue weighted by Crippen LogP contribution is 2.32. The van der Waals surface area contributed by atoms with Crippen LogP contribution in [0.1, 0.15) is 5.56 Å². The van der Waals surface area contributed by atoms with E-state index in [2.05, 4.69) is 4.84 Å². The highest BCUT2D eigenvalue weighted by Gasteiger charge is 2.40. The smallest absolute Gasteiger partial charge is 0.394 e. The number of carbonyl (C=O) groups is 2. The zero-order valence-electron chi connectivity index (χ0n) is 11.5. The fraction of sp³-hybridized carbons (Fsp3) is 0.333. The number of halogens is 5. The zero-order chi connectivity index (χ0) is 18.7. The Labute approximate surface area is 130 Å². The van der Waals surface area contributed by atoms with Crippen molar-refractivity contribution in [1.29, 1.82) is 0 Å². The van der Waals surface area contributed by atoms with E-state index in [1.54, 1.807) is 0 Å². The first-order chi connectivity index (χ1) is 11.0. The maximum Gasteiger partial charge on any atom is 0.405 e. The van der Waals surface area contributed by atoms with Crippen LogP contribution in [0.4, 0.5) is 22.0 Å². The van der Waals surface area contributed by atoms with Crippen molar-refractivity contribution in [2.24, 2.45) is 0 Å². The number of hydrogen-bond acceptors (Lipinski definition) is 6. The third kappa shape index (κ3) is 4.23. The topological polar surface area (TPSA) is 116 Å². The van der Waals surface area contributed by atoms with E-state index in [0.717, 1.165) is 5.48 Å². The van der Waals surface area contributed by atoms with Gasteiger partial charge in [0.2, 0.25) is 0 Å². The molecule has 4 N–H and O–H groups in total. The predicted octanol–water partition coefficient (Wildman–Crippen LogP) is -0.516. The van der Waals surface area contributed by atoms with Crippen LogP contribution in [0.5, 0.6) is 0 Å². The lowest BCUT2D eigenvalue weighted by Crippen LogP contribution is -2.46. The summed E-state index contributed by atoms with van der Waals surface area (Å²) in [6, 6.07) is 0.325. The predicted molar refractivity (Wildman–Crippen MR) is 63.5 cm³/mol. The van der Waals surface area contributed by atoms with Gasteiger partial charge < -0.3 is 15.3 Å². The summed E-state index contributed by atoms with van der Waals surface area (Å²) in [6.45, 7) is -1.11. The first-order valence-electron chi connectivity index (χ1n) is 6.03. The lowest BCUT2D eigenvalue weighted by Gasteiger charge is -2.18. The summed E-state index contributed by atoms with van der Waals surface area (Å²) in [5.74, 6) is -10.1. The van der Waals surface area contributed by atoms with Crippen LogP contribution in [0.3, 0.4) is 0 Å². The van der Waals surface area contributed by atoms with Gasteiger partial charge >= 0.3 is 12.0 Å². The number of nitrogens with one attached hydrogen (secondary N) is 1. The van der Waals surface area contributed by atoms with Crippen LogP contribution in [-0.2, 0) is 20.5 Å². The van der Waals surface area contributed by atoms with Gasteiger partial charge in [0.05, 0.1) is 12.2 Å². The lowest BCUT2D eigenvalue weighted by atomic mass is 10.1. The molecule has 1 rings (SSSR count). The molecule has 0 aromatic heterocycles. The van der Waals surface area contributed by atoms with Gasteiger partial charge in [0.25, 0.3) is 5.78 Å². The average molecular weight is 359 g/mol. The molecule has 1 amide bonds. The number of carbonyl (C=O) groups excluding carboxylic acids is 2. The first kappa shape index (κ1) is 19.9. The van der Waals surface area contributed by atoms with Gasteiger partial charge in [-0.15, -0.1) is 0 Å². The Hall–Kier alpha value is -2.15. The lowest BCUT2D eigenvalue weighted by molar-refractivity contribution is -0.279. The minimum atomic E-state index is -4.70. The summed E-state index contributed by atoms with van der Waals surface area (Å²) in [4.78, 5) is 25.9. The SMILES string of the molecule is O=C(NOC(F)(F)c1ccc(F)c(F)c1F)C(=O)[C@@H](O)[C@@H](O)CO. The van der Waals surface area contributed by atoms with Crippen LogP contribution in [0.2, 0.25) is 0 Å². The van der Waals surface area contributed by atoms with Gasteiger partial charge in [-0.3, -0.25) is 9.59 Å². The molecule has 0 saturated carbocycles. The summed E-state index contributed by atoms with van der Waals surface area (Å²) in [6.07, 6.45) is -9.20. The molecule has 0 spiro atoms. The van der Waals surface area contributed by atoms with E-state index in [1.807, 2.05) is 0 Å². The van der Waals surface area contributed by atoms with Crippen LogP contribution in [-0.4, -0.2) is 45.8 Å². The Balaban J connectivity index is 2.84. The summed E-state index contributed by atoms with van der Waals surface area (Å²) < 4.78 is 66.0. The molecule has 0 heterocycles. The number of hydrogen-bond donors (Lipinski definition) is 4. The van der Waals surface area contributed by atoms with E-state index < -0.39 is 59.6 Å². The molecule has 0 radical (unpaired) electrons. The first-order valence-corrected chi connectivity index (χ1v) is 6.03. The van der Waals surface area contributed by atoms with Crippen molar-refractivity contribution in [3.05, 3.63) is 35.1 Å². The minimum Gasteiger partial charge on any atom is -0.394 e. The quantitative estimate of drug-likeness (QED) is 0.225. The van der Waals surface area contributed by atoms with Crippen LogP contribution >= 0.6 is 0 Å². The zero-order valence-corrected chi connectivity index (χ0v) is 11.5. The molecule has 24 heavy (non-hydrogen) atoms. The van der Waals surface area contributed by atoms with Crippen molar-refractivity contribution < 1.29 is 51.7 Å². The van der Waals surface area contributed by atoms with Gasteiger partial charge in [0.1, 0.15) is 6.10 Å². The van der Waals surface area contributed by atoms with Crippen LogP contribution in [0.15, 0.2) is 12.1 Å². The van der Waals surface area contributed by atoms with E-state index in [9.17, 15) is 31.5 Å². The Morgan fingerprint density at radius 1 is 1.17 bits per heavy atom. The van der Waals surface area contributed by atoms with E-state index in [4.69, 9.17) is 15.3 Å². The highest BCUT2D eigenvalue weighted by molar-refractivity contribution is 6.37. The third-order valence-electron chi connectivity index (χ3n) is 2.66. The van der Waals surface area contributed by atoms with Gasteiger partial charge in [0.15, 0.2) is 23.6 Å². The van der Waals surface area contributed by atoms with Gasteiger partial charge in [-0.25, -0.2) is 18.7 Å². The molecular weight excluding hydrogens is 349 g/mol. The van der Waals surface area contributed by atoms with Crippen molar-refractivity contribution in [2.75, 3.05) is 6.61 Å². The van der Waals surface area contributed by atoms with Gasteiger partial charge in [0, 0.05) is 0 Å². The minimum absolute atomic E-state index is 0.145. The molecule has 0 bridgehead atoms. The fourth-order valence-electron chi connectivity index (χ4n) is 1.38. The number of aliphatic hydroxyl groups excluding tert-OH is 3. The van der Waals surface area contributed by atoms with Crippen molar-refractivity contribution in [2.45, 2.75) is 18.3 Å². The summed E-state index contributed by atoms with van der Waals surface area (Å²) >= 11 is 0. The van der Waals surface area contributed by atoms with Crippen molar-refractivity contribution in [3.63, 3.8) is 0 Å². The van der Waals surface area contributed by atoms with Crippen LogP contribution in [0, 0.1) is 17.5 Å². The fourth-order valence-corrected chi connectivity index (χ4v) is 1.38. The summed E-state index contributed by atoms with van der Waals surface area (Å²) in [5, 5.41) is 26.5. The Morgan fingerprint density at radius 2 is 1.75 bits per heavy atom. The van der Waals surface area contributed by atoms with Gasteiger partial charge in [-0.1, -0.05) is 0 Å². The molecule has 134 valence electrons. The normalized spacial score (nSPS) is 14.2. The summed E-state index contributed by atoms with van der Waals surface area (Å²) in [5.41, 5.74) is -0.905. The van der Waals surface area contributed by atoms with Crippen molar-refractivity contribution in [1.82, 2.24) is 5.48 Å². The molecule has 12 heteroatoms. The molecule has 0 aliphatic carbocycles. The van der Waals surface area contributed by atoms with E-state index in [1.165, 1.54) is 0 Å². The molecule has 1 aromatic rings. The van der Waals surface area contributed by atoms with E-state index in [0.29, 0.717) is 0 Å². The molecule has 0 fully saturated rings. The molecule has 0 aliphatic rings. The molecule has 0 unspecified atom stereocenters. The van der Waals surface area contributed by atoms with Crippen molar-refractivity contribution >= 4 is 11.7 Å². The maximum absolute atomic E-state index is 13.5. The highest BCUT2D eigenvalue weighted by atomic mass is 19.3. The molecule has 2 atom stereocenters. The monoisotopic (exact) mass is 359 g/mol. The number of alkyl halides is 2. The number of rotatable bonds is 7. The number of hydroxylamine groups is 1. The number of Topliss-reactive ketones (excluding diaryl/α,β-unsaturated/α-hetero) is 1. The summed E-state index contributed by atoms with van der Waals surface area (Å²) in [7, 11) is 0. The van der Waals surface area contributed by atoms with Crippen LogP contribution in [0.25, 0.3) is 0 Å². The molecule has 7 nitrogen and oxygen atoms in total. The van der Waals surface area contributed by atoms with Crippen LogP contribution < -0.4 is 5.48 Å². The molecule has 0 saturated heterocycles. The van der Waals surface area contributed by atoms with Gasteiger partial charge in [-0.2, -0.15) is 13.6 Å². The second kappa shape index (κ2) is 7.61. The molecule has 0 aliphatic heterocycles. The number of benzene rings is 1. The largest absolute Gasteiger partial charge is 0.405 e. The Morgan fingerprint density at radius 3 is 2.29 bits per heavy atom. The van der Waals surface area contributed by atoms with E-state index in [-0.39, 0.29) is 12.1 Å². The van der Waals surface area contributed by atoms with Crippen molar-refractivity contribution in [3.8, 4) is 0 Å². The average Bonchev–Trinajstić information content (AvgIpc) is 2.55. The van der Waals surface area contributed by atoms with E-state index >= 15 is 0 Å². The number of aliphatic hydroxyl groups is 3. The number of ketones is 1. The second-order valence-corrected chi connectivity index (χ2v) is 4.33. The number of amides is 1. The Bertz CT molecular complexity index is 641. The molecule has 1 aromatic carbocycles. The third-order valence-corrected chi connectivity index (χ3v) is 2.66. The van der Waals surface area contributed by atoms with Gasteiger partial charge in [-0.05, 0) is 12.1 Å².